The summed E-state index contributed by atoms with van der Waals surface area (Å²) in [4.78, 5) is 11.5. The molecule has 0 saturated carbocycles. The van der Waals surface area contributed by atoms with E-state index in [1.165, 1.54) is 16.8 Å². The van der Waals surface area contributed by atoms with E-state index >= 15 is 0 Å². The molecule has 2 aromatic carbocycles. The third-order valence-corrected chi connectivity index (χ3v) is 4.01. The van der Waals surface area contributed by atoms with Crippen molar-refractivity contribution in [1.29, 1.82) is 0 Å². The number of benzene rings is 2. The minimum Gasteiger partial charge on any atom is -0.450 e. The van der Waals surface area contributed by atoms with Crippen molar-refractivity contribution < 1.29 is 9.53 Å². The summed E-state index contributed by atoms with van der Waals surface area (Å²) in [5, 5.41) is 6.18. The topological polar surface area (TPSA) is 76.4 Å². The van der Waals surface area contributed by atoms with Gasteiger partial charge < -0.3 is 15.8 Å². The highest BCUT2D eigenvalue weighted by atomic mass is 16.5. The maximum absolute atomic E-state index is 11.5. The molecule has 0 aromatic heterocycles. The van der Waals surface area contributed by atoms with Gasteiger partial charge in [-0.3, -0.25) is 5.32 Å². The molecule has 0 radical (unpaired) electrons. The van der Waals surface area contributed by atoms with Gasteiger partial charge in [0.15, 0.2) is 0 Å². The number of nitrogens with two attached hydrogens (primary N) is 1. The van der Waals surface area contributed by atoms with Crippen LogP contribution in [-0.2, 0) is 11.2 Å². The second-order valence-electron chi connectivity index (χ2n) is 5.75. The first-order valence-corrected chi connectivity index (χ1v) is 7.76. The Bertz CT molecular complexity index is 743. The lowest BCUT2D eigenvalue weighted by Crippen LogP contribution is -2.15. The number of nitrogens with one attached hydrogen (secondary N) is 2. The first kappa shape index (κ1) is 15.2. The SMILES string of the molecule is CCOC(=O)Nc1ccc(C2Cc3ccc(C)cc3N2)cc1N. The number of nitrogen functional groups attached to an aromatic ring is 1. The van der Waals surface area contributed by atoms with Crippen LogP contribution in [0.2, 0.25) is 0 Å². The third-order valence-electron chi connectivity index (χ3n) is 4.01. The Kier molecular flexibility index (Phi) is 4.10. The first-order valence-electron chi connectivity index (χ1n) is 7.76. The highest BCUT2D eigenvalue weighted by Crippen LogP contribution is 2.36. The Morgan fingerprint density at radius 1 is 1.35 bits per heavy atom. The number of anilines is 3. The van der Waals surface area contributed by atoms with Crippen LogP contribution in [0.25, 0.3) is 0 Å². The molecular formula is C18H21N3O2. The van der Waals surface area contributed by atoms with E-state index in [2.05, 4.69) is 35.8 Å². The fraction of sp³-hybridized carbons (Fsp3) is 0.278. The Hall–Kier alpha value is -2.69. The highest BCUT2D eigenvalue weighted by Gasteiger charge is 2.22. The van der Waals surface area contributed by atoms with Gasteiger partial charge in [-0.25, -0.2) is 4.79 Å². The van der Waals surface area contributed by atoms with Crippen molar-refractivity contribution in [2.45, 2.75) is 26.3 Å². The van der Waals surface area contributed by atoms with Crippen molar-refractivity contribution in [3.05, 3.63) is 53.1 Å². The number of ether oxygens (including phenoxy) is 1. The van der Waals surface area contributed by atoms with E-state index in [-0.39, 0.29) is 6.04 Å². The molecule has 0 bridgehead atoms. The minimum atomic E-state index is -0.492. The summed E-state index contributed by atoms with van der Waals surface area (Å²) in [6.45, 7) is 4.17. The van der Waals surface area contributed by atoms with Crippen LogP contribution >= 0.6 is 0 Å². The molecule has 0 spiro atoms. The summed E-state index contributed by atoms with van der Waals surface area (Å²) >= 11 is 0. The lowest BCUT2D eigenvalue weighted by atomic mass is 10.0. The summed E-state index contributed by atoms with van der Waals surface area (Å²) in [6, 6.07) is 12.4. The first-order chi connectivity index (χ1) is 11.1. The monoisotopic (exact) mass is 311 g/mol. The quantitative estimate of drug-likeness (QED) is 0.752. The average Bonchev–Trinajstić information content (AvgIpc) is 2.92. The van der Waals surface area contributed by atoms with Crippen LogP contribution in [0.1, 0.15) is 29.7 Å². The van der Waals surface area contributed by atoms with Gasteiger partial charge >= 0.3 is 6.09 Å². The third kappa shape index (κ3) is 3.23. The minimum absolute atomic E-state index is 0.200. The summed E-state index contributed by atoms with van der Waals surface area (Å²) in [5.41, 5.74) is 12.0. The average molecular weight is 311 g/mol. The Morgan fingerprint density at radius 3 is 2.91 bits per heavy atom. The predicted molar refractivity (Wildman–Crippen MR) is 92.7 cm³/mol. The molecule has 2 aromatic rings. The van der Waals surface area contributed by atoms with Crippen molar-refractivity contribution in [3.8, 4) is 0 Å². The van der Waals surface area contributed by atoms with Crippen LogP contribution < -0.4 is 16.4 Å². The van der Waals surface area contributed by atoms with E-state index in [1.54, 1.807) is 6.92 Å². The van der Waals surface area contributed by atoms with Gasteiger partial charge in [-0.2, -0.15) is 0 Å². The van der Waals surface area contributed by atoms with E-state index in [9.17, 15) is 4.79 Å². The van der Waals surface area contributed by atoms with E-state index < -0.39 is 6.09 Å². The molecule has 120 valence electrons. The second kappa shape index (κ2) is 6.20. The summed E-state index contributed by atoms with van der Waals surface area (Å²) < 4.78 is 4.87. The Balaban J connectivity index is 1.75. The molecule has 5 nitrogen and oxygen atoms in total. The van der Waals surface area contributed by atoms with E-state index in [4.69, 9.17) is 10.5 Å². The normalized spacial score (nSPS) is 15.7. The smallest absolute Gasteiger partial charge is 0.411 e. The van der Waals surface area contributed by atoms with Gasteiger partial charge in [0, 0.05) is 5.69 Å². The van der Waals surface area contributed by atoms with Gasteiger partial charge in [0.2, 0.25) is 0 Å². The zero-order valence-electron chi connectivity index (χ0n) is 13.3. The number of rotatable bonds is 3. The molecule has 0 aliphatic carbocycles. The van der Waals surface area contributed by atoms with E-state index in [0.29, 0.717) is 18.0 Å². The van der Waals surface area contributed by atoms with Crippen molar-refractivity contribution in [2.24, 2.45) is 0 Å². The molecule has 4 N–H and O–H groups in total. The molecule has 3 rings (SSSR count). The molecule has 1 atom stereocenters. The van der Waals surface area contributed by atoms with Crippen molar-refractivity contribution >= 4 is 23.2 Å². The second-order valence-corrected chi connectivity index (χ2v) is 5.75. The zero-order chi connectivity index (χ0) is 16.4. The van der Waals surface area contributed by atoms with Crippen molar-refractivity contribution in [1.82, 2.24) is 0 Å². The Labute approximate surface area is 135 Å². The molecule has 0 saturated heterocycles. The number of hydrogen-bond donors (Lipinski definition) is 3. The van der Waals surface area contributed by atoms with Crippen LogP contribution in [0.5, 0.6) is 0 Å². The molecule has 1 aliphatic rings. The molecule has 1 aliphatic heterocycles. The van der Waals surface area contributed by atoms with Crippen LogP contribution in [-0.4, -0.2) is 12.7 Å². The summed E-state index contributed by atoms with van der Waals surface area (Å²) in [5.74, 6) is 0. The van der Waals surface area contributed by atoms with Gasteiger partial charge in [0.05, 0.1) is 24.0 Å². The summed E-state index contributed by atoms with van der Waals surface area (Å²) in [6.07, 6.45) is 0.438. The maximum Gasteiger partial charge on any atom is 0.411 e. The number of amides is 1. The fourth-order valence-corrected chi connectivity index (χ4v) is 2.85. The van der Waals surface area contributed by atoms with Crippen LogP contribution in [0.3, 0.4) is 0 Å². The van der Waals surface area contributed by atoms with Crippen LogP contribution in [0.4, 0.5) is 21.9 Å². The number of hydrogen-bond acceptors (Lipinski definition) is 4. The van der Waals surface area contributed by atoms with Gasteiger partial charge in [0.1, 0.15) is 0 Å². The predicted octanol–water partition coefficient (Wildman–Crippen LogP) is 3.85. The molecule has 23 heavy (non-hydrogen) atoms. The van der Waals surface area contributed by atoms with Crippen molar-refractivity contribution in [2.75, 3.05) is 23.0 Å². The number of aryl methyl sites for hydroxylation is 1. The lowest BCUT2D eigenvalue weighted by Gasteiger charge is -2.15. The number of fused-ring (bicyclic) bond motifs is 1. The zero-order valence-corrected chi connectivity index (χ0v) is 13.3. The molecule has 1 amide bonds. The largest absolute Gasteiger partial charge is 0.450 e. The van der Waals surface area contributed by atoms with Gasteiger partial charge in [-0.05, 0) is 55.2 Å². The molecule has 1 unspecified atom stereocenters. The lowest BCUT2D eigenvalue weighted by molar-refractivity contribution is 0.168. The van der Waals surface area contributed by atoms with Crippen molar-refractivity contribution in [3.63, 3.8) is 0 Å². The van der Waals surface area contributed by atoms with Gasteiger partial charge in [-0.15, -0.1) is 0 Å². The van der Waals surface area contributed by atoms with Crippen LogP contribution in [0, 0.1) is 6.92 Å². The molecule has 5 heteroatoms. The highest BCUT2D eigenvalue weighted by molar-refractivity contribution is 5.89. The van der Waals surface area contributed by atoms with Gasteiger partial charge in [-0.1, -0.05) is 18.2 Å². The summed E-state index contributed by atoms with van der Waals surface area (Å²) in [7, 11) is 0. The Morgan fingerprint density at radius 2 is 2.17 bits per heavy atom. The molecule has 1 heterocycles. The van der Waals surface area contributed by atoms with Gasteiger partial charge in [0.25, 0.3) is 0 Å². The van der Waals surface area contributed by atoms with Crippen LogP contribution in [0.15, 0.2) is 36.4 Å². The molecular weight excluding hydrogens is 290 g/mol. The standard InChI is InChI=1S/C18H21N3O2/c1-3-23-18(22)21-15-7-6-12(9-14(15)19)17-10-13-5-4-11(2)8-16(13)20-17/h4-9,17,20H,3,10,19H2,1-2H3,(H,21,22). The number of carbonyl (C=O) groups excluding carboxylic acids is 1. The maximum atomic E-state index is 11.5. The van der Waals surface area contributed by atoms with E-state index in [1.807, 2.05) is 18.2 Å². The molecule has 0 fully saturated rings. The fourth-order valence-electron chi connectivity index (χ4n) is 2.85. The van der Waals surface area contributed by atoms with E-state index in [0.717, 1.165) is 12.0 Å². The number of carbonyl (C=O) groups is 1.